The van der Waals surface area contributed by atoms with Gasteiger partial charge in [0.1, 0.15) is 0 Å². The van der Waals surface area contributed by atoms with E-state index >= 15 is 0 Å². The minimum Gasteiger partial charge on any atom is -0.303 e. The van der Waals surface area contributed by atoms with Gasteiger partial charge in [-0.05, 0) is 64.7 Å². The number of nitrogens with zero attached hydrogens (tertiary/aromatic N) is 2. The highest BCUT2D eigenvalue weighted by molar-refractivity contribution is 4.93. The summed E-state index contributed by atoms with van der Waals surface area (Å²) in [7, 11) is 0. The zero-order valence-corrected chi connectivity index (χ0v) is 11.3. The SMILES string of the molecule is CC(C)CN1CCC(C)(N2CCCC2)CC1. The summed E-state index contributed by atoms with van der Waals surface area (Å²) in [4.78, 5) is 5.40. The molecule has 0 unspecified atom stereocenters. The smallest absolute Gasteiger partial charge is 0.0205 e. The molecule has 16 heavy (non-hydrogen) atoms. The lowest BCUT2D eigenvalue weighted by molar-refractivity contribution is 0.0474. The molecule has 2 nitrogen and oxygen atoms in total. The van der Waals surface area contributed by atoms with Crippen molar-refractivity contribution < 1.29 is 0 Å². The van der Waals surface area contributed by atoms with Crippen LogP contribution >= 0.6 is 0 Å². The summed E-state index contributed by atoms with van der Waals surface area (Å²) in [5, 5.41) is 0. The molecule has 0 saturated carbocycles. The molecule has 0 amide bonds. The largest absolute Gasteiger partial charge is 0.303 e. The molecule has 0 bridgehead atoms. The fourth-order valence-corrected chi connectivity index (χ4v) is 3.31. The third-order valence-corrected chi connectivity index (χ3v) is 4.43. The summed E-state index contributed by atoms with van der Waals surface area (Å²) in [6.45, 7) is 13.8. The zero-order valence-electron chi connectivity index (χ0n) is 11.3. The van der Waals surface area contributed by atoms with Gasteiger partial charge in [-0.3, -0.25) is 4.90 Å². The van der Waals surface area contributed by atoms with Gasteiger partial charge in [0, 0.05) is 12.1 Å². The Bertz CT molecular complexity index is 211. The van der Waals surface area contributed by atoms with Crippen LogP contribution in [0, 0.1) is 5.92 Å². The molecular weight excluding hydrogens is 196 g/mol. The van der Waals surface area contributed by atoms with E-state index in [9.17, 15) is 0 Å². The first-order valence-corrected chi connectivity index (χ1v) is 7.07. The summed E-state index contributed by atoms with van der Waals surface area (Å²) >= 11 is 0. The number of likely N-dealkylation sites (tertiary alicyclic amines) is 2. The van der Waals surface area contributed by atoms with E-state index in [4.69, 9.17) is 0 Å². The first kappa shape index (κ1) is 12.4. The van der Waals surface area contributed by atoms with Gasteiger partial charge in [0.2, 0.25) is 0 Å². The molecule has 0 aromatic rings. The van der Waals surface area contributed by atoms with Crippen LogP contribution in [0.15, 0.2) is 0 Å². The van der Waals surface area contributed by atoms with Crippen LogP contribution in [0.25, 0.3) is 0 Å². The van der Waals surface area contributed by atoms with Crippen molar-refractivity contribution in [3.05, 3.63) is 0 Å². The fraction of sp³-hybridized carbons (Fsp3) is 1.00. The fourth-order valence-electron chi connectivity index (χ4n) is 3.31. The van der Waals surface area contributed by atoms with Crippen molar-refractivity contribution in [2.45, 2.75) is 52.0 Å². The first-order valence-electron chi connectivity index (χ1n) is 7.07. The van der Waals surface area contributed by atoms with E-state index in [0.29, 0.717) is 5.54 Å². The van der Waals surface area contributed by atoms with E-state index in [1.807, 2.05) is 0 Å². The maximum atomic E-state index is 2.75. The Morgan fingerprint density at radius 1 is 1.00 bits per heavy atom. The molecule has 0 aromatic carbocycles. The van der Waals surface area contributed by atoms with Crippen LogP contribution in [0.3, 0.4) is 0 Å². The zero-order chi connectivity index (χ0) is 11.6. The van der Waals surface area contributed by atoms with Gasteiger partial charge in [0.05, 0.1) is 0 Å². The van der Waals surface area contributed by atoms with Crippen LogP contribution in [-0.4, -0.2) is 48.1 Å². The van der Waals surface area contributed by atoms with Crippen molar-refractivity contribution in [2.75, 3.05) is 32.7 Å². The molecule has 0 N–H and O–H groups in total. The number of rotatable bonds is 3. The van der Waals surface area contributed by atoms with E-state index in [2.05, 4.69) is 30.6 Å². The molecule has 0 spiro atoms. The molecule has 2 aliphatic heterocycles. The molecule has 0 radical (unpaired) electrons. The van der Waals surface area contributed by atoms with E-state index in [1.165, 1.54) is 58.4 Å². The number of hydrogen-bond acceptors (Lipinski definition) is 2. The van der Waals surface area contributed by atoms with Crippen LogP contribution in [0.2, 0.25) is 0 Å². The van der Waals surface area contributed by atoms with Crippen molar-refractivity contribution in [1.29, 1.82) is 0 Å². The lowest BCUT2D eigenvalue weighted by Crippen LogP contribution is -2.52. The van der Waals surface area contributed by atoms with Gasteiger partial charge >= 0.3 is 0 Å². The second-order valence-electron chi connectivity index (χ2n) is 6.39. The number of hydrogen-bond donors (Lipinski definition) is 0. The summed E-state index contributed by atoms with van der Waals surface area (Å²) < 4.78 is 0. The molecule has 0 aromatic heterocycles. The van der Waals surface area contributed by atoms with Crippen LogP contribution in [0.5, 0.6) is 0 Å². The second-order valence-corrected chi connectivity index (χ2v) is 6.39. The Morgan fingerprint density at radius 2 is 1.56 bits per heavy atom. The van der Waals surface area contributed by atoms with Gasteiger partial charge in [-0.25, -0.2) is 0 Å². The highest BCUT2D eigenvalue weighted by Crippen LogP contribution is 2.31. The standard InChI is InChI=1S/C14H28N2/c1-13(2)12-15-10-6-14(3,7-11-15)16-8-4-5-9-16/h13H,4-12H2,1-3H3. The van der Waals surface area contributed by atoms with Gasteiger partial charge < -0.3 is 4.90 Å². The molecule has 2 rings (SSSR count). The molecule has 2 fully saturated rings. The predicted molar refractivity (Wildman–Crippen MR) is 69.7 cm³/mol. The second kappa shape index (κ2) is 5.05. The summed E-state index contributed by atoms with van der Waals surface area (Å²) in [6.07, 6.45) is 5.59. The Labute approximate surface area is 101 Å². The molecule has 2 saturated heterocycles. The normalized spacial score (nSPS) is 27.8. The molecule has 2 heterocycles. The van der Waals surface area contributed by atoms with Crippen molar-refractivity contribution in [3.8, 4) is 0 Å². The van der Waals surface area contributed by atoms with Crippen molar-refractivity contribution in [3.63, 3.8) is 0 Å². The molecule has 94 valence electrons. The third kappa shape index (κ3) is 2.78. The lowest BCUT2D eigenvalue weighted by Gasteiger charge is -2.45. The minimum absolute atomic E-state index is 0.518. The van der Waals surface area contributed by atoms with Gasteiger partial charge in [0.25, 0.3) is 0 Å². The van der Waals surface area contributed by atoms with Crippen molar-refractivity contribution in [1.82, 2.24) is 9.80 Å². The van der Waals surface area contributed by atoms with Crippen LogP contribution < -0.4 is 0 Å². The Morgan fingerprint density at radius 3 is 2.06 bits per heavy atom. The van der Waals surface area contributed by atoms with Crippen LogP contribution in [-0.2, 0) is 0 Å². The van der Waals surface area contributed by atoms with Gasteiger partial charge in [0.15, 0.2) is 0 Å². The average Bonchev–Trinajstić information content (AvgIpc) is 2.75. The minimum atomic E-state index is 0.518. The molecular formula is C14H28N2. The molecule has 0 atom stereocenters. The van der Waals surface area contributed by atoms with Crippen LogP contribution in [0.4, 0.5) is 0 Å². The van der Waals surface area contributed by atoms with Gasteiger partial charge in [-0.1, -0.05) is 13.8 Å². The Balaban J connectivity index is 1.83. The van der Waals surface area contributed by atoms with E-state index in [-0.39, 0.29) is 0 Å². The Kier molecular flexibility index (Phi) is 3.91. The van der Waals surface area contributed by atoms with Gasteiger partial charge in [-0.15, -0.1) is 0 Å². The quantitative estimate of drug-likeness (QED) is 0.727. The molecule has 2 heteroatoms. The summed E-state index contributed by atoms with van der Waals surface area (Å²) in [5.74, 6) is 0.816. The van der Waals surface area contributed by atoms with Gasteiger partial charge in [-0.2, -0.15) is 0 Å². The van der Waals surface area contributed by atoms with Crippen LogP contribution in [0.1, 0.15) is 46.5 Å². The van der Waals surface area contributed by atoms with Crippen molar-refractivity contribution in [2.24, 2.45) is 5.92 Å². The average molecular weight is 224 g/mol. The monoisotopic (exact) mass is 224 g/mol. The van der Waals surface area contributed by atoms with E-state index in [0.717, 1.165) is 5.92 Å². The van der Waals surface area contributed by atoms with Crippen molar-refractivity contribution >= 4 is 0 Å². The highest BCUT2D eigenvalue weighted by Gasteiger charge is 2.36. The summed E-state index contributed by atoms with van der Waals surface area (Å²) in [5.41, 5.74) is 0.518. The maximum Gasteiger partial charge on any atom is 0.0205 e. The topological polar surface area (TPSA) is 6.48 Å². The summed E-state index contributed by atoms with van der Waals surface area (Å²) in [6, 6.07) is 0. The van der Waals surface area contributed by atoms with E-state index < -0.39 is 0 Å². The van der Waals surface area contributed by atoms with E-state index in [1.54, 1.807) is 0 Å². The molecule has 0 aliphatic carbocycles. The highest BCUT2D eigenvalue weighted by atomic mass is 15.2. The lowest BCUT2D eigenvalue weighted by atomic mass is 9.87. The predicted octanol–water partition coefficient (Wildman–Crippen LogP) is 2.59. The maximum absolute atomic E-state index is 2.75. The Hall–Kier alpha value is -0.0800. The first-order chi connectivity index (χ1) is 7.60. The number of piperidine rings is 1. The third-order valence-electron chi connectivity index (χ3n) is 4.43. The molecule has 2 aliphatic rings.